The smallest absolute Gasteiger partial charge is 0.305 e. The Hall–Kier alpha value is -4.20. The topological polar surface area (TPSA) is 112 Å². The zero-order valence-electron chi connectivity index (χ0n) is 28.3. The molecule has 2 aliphatic heterocycles. The Kier molecular flexibility index (Phi) is 11.4. The van der Waals surface area contributed by atoms with Crippen LogP contribution in [0.25, 0.3) is 12.2 Å². The molecule has 45 heavy (non-hydrogen) atoms. The number of carbonyl (C=O) groups excluding carboxylic acids is 2. The van der Waals surface area contributed by atoms with E-state index in [1.165, 1.54) is 36.5 Å². The Morgan fingerprint density at radius 1 is 0.689 bits per heavy atom. The minimum atomic E-state index is -0.229. The van der Waals surface area contributed by atoms with Crippen LogP contribution < -0.4 is 9.98 Å². The normalized spacial score (nSPS) is 16.3. The second kappa shape index (κ2) is 15.2. The Bertz CT molecular complexity index is 1520. The summed E-state index contributed by atoms with van der Waals surface area (Å²) >= 11 is 0. The van der Waals surface area contributed by atoms with Crippen LogP contribution in [0.4, 0.5) is 0 Å². The molecule has 0 saturated heterocycles. The first-order valence-corrected chi connectivity index (χ1v) is 16.3. The maximum absolute atomic E-state index is 12.2. The molecule has 2 aromatic heterocycles. The molecule has 0 saturated carbocycles. The van der Waals surface area contributed by atoms with Crippen molar-refractivity contribution >= 4 is 36.5 Å². The van der Waals surface area contributed by atoms with E-state index in [1.54, 1.807) is 0 Å². The van der Waals surface area contributed by atoms with Gasteiger partial charge in [0.1, 0.15) is 0 Å². The van der Waals surface area contributed by atoms with Crippen LogP contribution in [0.2, 0.25) is 0 Å². The second-order valence-electron chi connectivity index (χ2n) is 11.7. The van der Waals surface area contributed by atoms with Crippen molar-refractivity contribution in [3.63, 3.8) is 0 Å². The number of methoxy groups -OCH3 is 2. The number of allylic oxidation sites excluding steroid dienone is 4. The van der Waals surface area contributed by atoms with E-state index in [1.807, 2.05) is 0 Å². The Morgan fingerprint density at radius 3 is 1.42 bits per heavy atom. The van der Waals surface area contributed by atoms with Crippen molar-refractivity contribution in [1.29, 1.82) is 0 Å². The van der Waals surface area contributed by atoms with Gasteiger partial charge in [0.25, 0.3) is 0 Å². The highest BCUT2D eigenvalue weighted by Crippen LogP contribution is 2.30. The molecule has 0 bridgehead atoms. The van der Waals surface area contributed by atoms with Gasteiger partial charge in [0.05, 0.1) is 14.2 Å². The molecule has 4 N–H and O–H groups in total. The van der Waals surface area contributed by atoms with Crippen LogP contribution in [0.15, 0.2) is 33.7 Å². The monoisotopic (exact) mass is 614 g/mol. The lowest BCUT2D eigenvalue weighted by atomic mass is 9.98. The molecule has 240 valence electrons. The molecule has 0 amide bonds. The molecule has 0 fully saturated rings. The molecule has 0 atom stereocenters. The van der Waals surface area contributed by atoms with Crippen LogP contribution >= 0.6 is 0 Å². The summed E-state index contributed by atoms with van der Waals surface area (Å²) in [5.74, 6) is -0.458. The predicted molar refractivity (Wildman–Crippen MR) is 180 cm³/mol. The zero-order valence-corrected chi connectivity index (χ0v) is 28.3. The summed E-state index contributed by atoms with van der Waals surface area (Å²) in [6.45, 7) is 13.0. The number of H-pyrrole nitrogens is 2. The highest BCUT2D eigenvalue weighted by atomic mass is 16.5. The van der Waals surface area contributed by atoms with Crippen LogP contribution in [0, 0.1) is 13.8 Å². The van der Waals surface area contributed by atoms with E-state index in [9.17, 15) is 9.59 Å². The van der Waals surface area contributed by atoms with Gasteiger partial charge in [0.2, 0.25) is 11.4 Å². The average Bonchev–Trinajstić information content (AvgIpc) is 3.79. The number of aromatic nitrogens is 2. The van der Waals surface area contributed by atoms with E-state index >= 15 is 0 Å². The SMILES string of the molecule is CCC1=C(CC)/C(=C/c2[nH]c(Cc3[nH]c(/C=C4\[NH+]=CC(CC)=C4CC)c(C)c3CCC(=O)OC)c(CCC(=O)OC)c2C)[NH+]=C1. The van der Waals surface area contributed by atoms with E-state index in [2.05, 4.69) is 86.1 Å². The fourth-order valence-corrected chi connectivity index (χ4v) is 6.58. The van der Waals surface area contributed by atoms with Gasteiger partial charge >= 0.3 is 11.9 Å². The van der Waals surface area contributed by atoms with Crippen molar-refractivity contribution in [2.24, 2.45) is 0 Å². The average molecular weight is 615 g/mol. The summed E-state index contributed by atoms with van der Waals surface area (Å²) in [5, 5.41) is 0. The molecule has 2 aromatic rings. The number of aromatic amines is 2. The summed E-state index contributed by atoms with van der Waals surface area (Å²) < 4.78 is 9.97. The van der Waals surface area contributed by atoms with Crippen molar-refractivity contribution in [2.45, 2.75) is 99.3 Å². The molecule has 0 unspecified atom stereocenters. The molecule has 0 spiro atoms. The van der Waals surface area contributed by atoms with Crippen molar-refractivity contribution < 1.29 is 29.0 Å². The summed E-state index contributed by atoms with van der Waals surface area (Å²) in [4.78, 5) is 38.8. The molecule has 4 heterocycles. The largest absolute Gasteiger partial charge is 0.469 e. The number of esters is 2. The van der Waals surface area contributed by atoms with Crippen LogP contribution in [0.1, 0.15) is 111 Å². The van der Waals surface area contributed by atoms with Crippen molar-refractivity contribution in [2.75, 3.05) is 14.2 Å². The lowest BCUT2D eigenvalue weighted by molar-refractivity contribution is -0.381. The number of rotatable bonds is 14. The third kappa shape index (κ3) is 7.38. The third-order valence-corrected chi connectivity index (χ3v) is 9.26. The zero-order chi connectivity index (χ0) is 32.7. The first kappa shape index (κ1) is 33.7. The fraction of sp³-hybridized carbons (Fsp3) is 0.459. The van der Waals surface area contributed by atoms with Gasteiger partial charge in [-0.1, -0.05) is 27.7 Å². The molecule has 0 radical (unpaired) electrons. The van der Waals surface area contributed by atoms with Crippen molar-refractivity contribution in [3.05, 3.63) is 78.7 Å². The van der Waals surface area contributed by atoms with Crippen LogP contribution in [-0.2, 0) is 38.3 Å². The standard InChI is InChI=1S/C37H48N4O4/c1-9-24-20-38-32(26(24)11-3)17-30-22(5)28(13-15-36(42)44-7)34(40-30)19-35-29(14-16-37(43)45-8)23(6)31(41-35)18-33-27(12-4)25(10-2)21-39-33/h17-18,20-21,40-41H,9-16,19H2,1-8H3/p+2/b32-17-,33-18-. The van der Waals surface area contributed by atoms with Gasteiger partial charge in [0.15, 0.2) is 12.4 Å². The predicted octanol–water partition coefficient (Wildman–Crippen LogP) is 4.01. The second-order valence-corrected chi connectivity index (χ2v) is 11.7. The Balaban J connectivity index is 1.80. The third-order valence-electron chi connectivity index (χ3n) is 9.26. The van der Waals surface area contributed by atoms with Crippen LogP contribution in [0.3, 0.4) is 0 Å². The highest BCUT2D eigenvalue weighted by molar-refractivity contribution is 5.82. The highest BCUT2D eigenvalue weighted by Gasteiger charge is 2.25. The summed E-state index contributed by atoms with van der Waals surface area (Å²) in [7, 11) is 2.86. The van der Waals surface area contributed by atoms with Gasteiger partial charge in [0, 0.05) is 76.5 Å². The Labute approximate surface area is 267 Å². The summed E-state index contributed by atoms with van der Waals surface area (Å²) in [5.41, 5.74) is 16.2. The number of hydrogen-bond donors (Lipinski definition) is 4. The van der Waals surface area contributed by atoms with E-state index in [0.29, 0.717) is 32.1 Å². The number of hydrogen-bond acceptors (Lipinski definition) is 4. The van der Waals surface area contributed by atoms with E-state index < -0.39 is 0 Å². The molecule has 8 nitrogen and oxygen atoms in total. The minimum absolute atomic E-state index is 0.229. The number of ether oxygens (including phenoxy) is 2. The van der Waals surface area contributed by atoms with E-state index in [4.69, 9.17) is 9.47 Å². The molecule has 4 rings (SSSR count). The van der Waals surface area contributed by atoms with Gasteiger partial charge < -0.3 is 19.4 Å². The molecule has 2 aliphatic rings. The summed E-state index contributed by atoms with van der Waals surface area (Å²) in [6, 6.07) is 0. The first-order chi connectivity index (χ1) is 21.7. The maximum Gasteiger partial charge on any atom is 0.305 e. The molecular formula is C37H50N4O4+2. The van der Waals surface area contributed by atoms with Crippen molar-refractivity contribution in [1.82, 2.24) is 9.97 Å². The van der Waals surface area contributed by atoms with Crippen LogP contribution in [-0.4, -0.2) is 48.6 Å². The lowest BCUT2D eigenvalue weighted by Crippen LogP contribution is -2.64. The van der Waals surface area contributed by atoms with Gasteiger partial charge in [-0.25, -0.2) is 9.98 Å². The molecule has 0 aromatic carbocycles. The maximum atomic E-state index is 12.2. The van der Waals surface area contributed by atoms with Crippen molar-refractivity contribution in [3.8, 4) is 0 Å². The number of carbonyl (C=O) groups is 2. The number of nitrogens with one attached hydrogen (secondary N) is 4. The van der Waals surface area contributed by atoms with Gasteiger partial charge in [-0.05, 0) is 74.6 Å². The van der Waals surface area contributed by atoms with Gasteiger partial charge in [-0.2, -0.15) is 0 Å². The molecule has 8 heteroatoms. The minimum Gasteiger partial charge on any atom is -0.469 e. The van der Waals surface area contributed by atoms with E-state index in [-0.39, 0.29) is 11.9 Å². The Morgan fingerprint density at radius 2 is 1.09 bits per heavy atom. The van der Waals surface area contributed by atoms with Gasteiger partial charge in [-0.3, -0.25) is 9.59 Å². The fourth-order valence-electron chi connectivity index (χ4n) is 6.58. The van der Waals surface area contributed by atoms with Crippen LogP contribution in [0.5, 0.6) is 0 Å². The quantitative estimate of drug-likeness (QED) is 0.241. The summed E-state index contributed by atoms with van der Waals surface area (Å²) in [6.07, 6.45) is 14.8. The molecular weight excluding hydrogens is 564 g/mol. The lowest BCUT2D eigenvalue weighted by Gasteiger charge is -2.08. The first-order valence-electron chi connectivity index (χ1n) is 16.3. The molecule has 0 aliphatic carbocycles. The van der Waals surface area contributed by atoms with Gasteiger partial charge in [-0.15, -0.1) is 0 Å². The van der Waals surface area contributed by atoms with E-state index in [0.717, 1.165) is 82.1 Å².